The Labute approximate surface area is 95.2 Å². The molecule has 16 heavy (non-hydrogen) atoms. The molecule has 1 aromatic rings. The van der Waals surface area contributed by atoms with E-state index in [0.29, 0.717) is 5.56 Å². The van der Waals surface area contributed by atoms with Gasteiger partial charge in [0.25, 0.3) is 0 Å². The van der Waals surface area contributed by atoms with Gasteiger partial charge in [-0.3, -0.25) is 4.79 Å². The normalized spacial score (nSPS) is 20.8. The molecule has 2 rings (SSSR count). The highest BCUT2D eigenvalue weighted by Crippen LogP contribution is 2.19. The van der Waals surface area contributed by atoms with Gasteiger partial charge in [0, 0.05) is 30.4 Å². The van der Waals surface area contributed by atoms with Gasteiger partial charge in [-0.2, -0.15) is 0 Å². The van der Waals surface area contributed by atoms with Crippen LogP contribution in [0, 0.1) is 0 Å². The Bertz CT molecular complexity index is 374. The van der Waals surface area contributed by atoms with E-state index in [0.717, 1.165) is 31.6 Å². The quantitative estimate of drug-likeness (QED) is 0.769. The first-order valence-electron chi connectivity index (χ1n) is 5.57. The number of benzene rings is 1. The SMILES string of the molecule is NC(=O)c1ccc(N2CCCC(N)C2)cc1. The third-order valence-electron chi connectivity index (χ3n) is 2.97. The lowest BCUT2D eigenvalue weighted by Crippen LogP contribution is -2.42. The van der Waals surface area contributed by atoms with E-state index in [1.807, 2.05) is 12.1 Å². The number of hydrogen-bond donors (Lipinski definition) is 2. The van der Waals surface area contributed by atoms with Gasteiger partial charge in [0.2, 0.25) is 5.91 Å². The summed E-state index contributed by atoms with van der Waals surface area (Å²) < 4.78 is 0. The summed E-state index contributed by atoms with van der Waals surface area (Å²) in [5.74, 6) is -0.387. The standard InChI is InChI=1S/C12H17N3O/c13-10-2-1-7-15(8-10)11-5-3-9(4-6-11)12(14)16/h3-6,10H,1-2,7-8,13H2,(H2,14,16). The minimum absolute atomic E-state index is 0.254. The number of amides is 1. The number of carbonyl (C=O) groups is 1. The first-order valence-corrected chi connectivity index (χ1v) is 5.57. The predicted molar refractivity (Wildman–Crippen MR) is 64.4 cm³/mol. The smallest absolute Gasteiger partial charge is 0.248 e. The van der Waals surface area contributed by atoms with Crippen molar-refractivity contribution in [1.29, 1.82) is 0 Å². The molecule has 0 aliphatic carbocycles. The first kappa shape index (κ1) is 11.0. The molecule has 1 atom stereocenters. The Balaban J connectivity index is 2.11. The van der Waals surface area contributed by atoms with Crippen LogP contribution in [-0.4, -0.2) is 25.0 Å². The van der Waals surface area contributed by atoms with Crippen LogP contribution in [0.3, 0.4) is 0 Å². The number of piperidine rings is 1. The van der Waals surface area contributed by atoms with E-state index in [9.17, 15) is 4.79 Å². The summed E-state index contributed by atoms with van der Waals surface area (Å²) in [6.45, 7) is 1.92. The molecule has 4 N–H and O–H groups in total. The number of nitrogens with two attached hydrogens (primary N) is 2. The van der Waals surface area contributed by atoms with Gasteiger partial charge in [0.15, 0.2) is 0 Å². The number of nitrogens with zero attached hydrogens (tertiary/aromatic N) is 1. The maximum absolute atomic E-state index is 10.9. The fraction of sp³-hybridized carbons (Fsp3) is 0.417. The summed E-state index contributed by atoms with van der Waals surface area (Å²) in [6, 6.07) is 7.64. The van der Waals surface area contributed by atoms with Crippen molar-refractivity contribution in [2.45, 2.75) is 18.9 Å². The zero-order valence-electron chi connectivity index (χ0n) is 9.23. The molecule has 1 aliphatic rings. The van der Waals surface area contributed by atoms with Crippen LogP contribution >= 0.6 is 0 Å². The zero-order valence-corrected chi connectivity index (χ0v) is 9.23. The van der Waals surface area contributed by atoms with Crippen LogP contribution < -0.4 is 16.4 Å². The van der Waals surface area contributed by atoms with Crippen LogP contribution in [0.4, 0.5) is 5.69 Å². The van der Waals surface area contributed by atoms with Crippen molar-refractivity contribution < 1.29 is 4.79 Å². The Morgan fingerprint density at radius 1 is 1.31 bits per heavy atom. The average molecular weight is 219 g/mol. The van der Waals surface area contributed by atoms with Gasteiger partial charge < -0.3 is 16.4 Å². The molecule has 1 aliphatic heterocycles. The van der Waals surface area contributed by atoms with E-state index in [1.54, 1.807) is 12.1 Å². The van der Waals surface area contributed by atoms with Crippen LogP contribution in [0.1, 0.15) is 23.2 Å². The number of rotatable bonds is 2. The molecular formula is C12H17N3O. The fourth-order valence-corrected chi connectivity index (χ4v) is 2.08. The highest BCUT2D eigenvalue weighted by Gasteiger charge is 2.16. The van der Waals surface area contributed by atoms with Crippen LogP contribution in [-0.2, 0) is 0 Å². The molecule has 1 fully saturated rings. The zero-order chi connectivity index (χ0) is 11.5. The van der Waals surface area contributed by atoms with E-state index in [1.165, 1.54) is 0 Å². The van der Waals surface area contributed by atoms with Gasteiger partial charge in [0.05, 0.1) is 0 Å². The molecule has 0 radical (unpaired) electrons. The molecule has 0 bridgehead atoms. The number of hydrogen-bond acceptors (Lipinski definition) is 3. The second-order valence-corrected chi connectivity index (χ2v) is 4.26. The second kappa shape index (κ2) is 4.53. The van der Waals surface area contributed by atoms with E-state index < -0.39 is 0 Å². The van der Waals surface area contributed by atoms with E-state index in [2.05, 4.69) is 4.90 Å². The van der Waals surface area contributed by atoms with Crippen molar-refractivity contribution in [2.24, 2.45) is 11.5 Å². The highest BCUT2D eigenvalue weighted by molar-refractivity contribution is 5.93. The summed E-state index contributed by atoms with van der Waals surface area (Å²) in [7, 11) is 0. The van der Waals surface area contributed by atoms with Crippen molar-refractivity contribution >= 4 is 11.6 Å². The fourth-order valence-electron chi connectivity index (χ4n) is 2.08. The van der Waals surface area contributed by atoms with E-state index >= 15 is 0 Å². The van der Waals surface area contributed by atoms with Crippen molar-refractivity contribution in [3.63, 3.8) is 0 Å². The van der Waals surface area contributed by atoms with Gasteiger partial charge in [-0.15, -0.1) is 0 Å². The van der Waals surface area contributed by atoms with Crippen LogP contribution in [0.25, 0.3) is 0 Å². The lowest BCUT2D eigenvalue weighted by atomic mass is 10.1. The van der Waals surface area contributed by atoms with Crippen LogP contribution in [0.2, 0.25) is 0 Å². The highest BCUT2D eigenvalue weighted by atomic mass is 16.1. The molecule has 1 heterocycles. The molecule has 0 spiro atoms. The summed E-state index contributed by atoms with van der Waals surface area (Å²) in [5.41, 5.74) is 12.8. The van der Waals surface area contributed by atoms with E-state index in [4.69, 9.17) is 11.5 Å². The maximum atomic E-state index is 10.9. The minimum atomic E-state index is -0.387. The molecule has 1 saturated heterocycles. The van der Waals surface area contributed by atoms with Crippen molar-refractivity contribution in [3.8, 4) is 0 Å². The molecule has 86 valence electrons. The van der Waals surface area contributed by atoms with Gasteiger partial charge >= 0.3 is 0 Å². The van der Waals surface area contributed by atoms with Crippen LogP contribution in [0.15, 0.2) is 24.3 Å². The largest absolute Gasteiger partial charge is 0.370 e. The van der Waals surface area contributed by atoms with E-state index in [-0.39, 0.29) is 11.9 Å². The lowest BCUT2D eigenvalue weighted by molar-refractivity contribution is 0.100. The van der Waals surface area contributed by atoms with Crippen molar-refractivity contribution in [3.05, 3.63) is 29.8 Å². The molecule has 4 heteroatoms. The van der Waals surface area contributed by atoms with Crippen LogP contribution in [0.5, 0.6) is 0 Å². The third kappa shape index (κ3) is 2.33. The molecular weight excluding hydrogens is 202 g/mol. The van der Waals surface area contributed by atoms with Crippen molar-refractivity contribution in [1.82, 2.24) is 0 Å². The Kier molecular flexibility index (Phi) is 3.10. The summed E-state index contributed by atoms with van der Waals surface area (Å²) in [4.78, 5) is 13.2. The average Bonchev–Trinajstić information content (AvgIpc) is 2.29. The monoisotopic (exact) mass is 219 g/mol. The molecule has 1 amide bonds. The topological polar surface area (TPSA) is 72.4 Å². The molecule has 0 aromatic heterocycles. The summed E-state index contributed by atoms with van der Waals surface area (Å²) in [6.07, 6.45) is 2.22. The van der Waals surface area contributed by atoms with Gasteiger partial charge in [-0.1, -0.05) is 0 Å². The summed E-state index contributed by atoms with van der Waals surface area (Å²) >= 11 is 0. The number of carbonyl (C=O) groups excluding carboxylic acids is 1. The predicted octanol–water partition coefficient (Wildman–Crippen LogP) is 0.713. The number of primary amides is 1. The maximum Gasteiger partial charge on any atom is 0.248 e. The van der Waals surface area contributed by atoms with Gasteiger partial charge in [-0.25, -0.2) is 0 Å². The molecule has 4 nitrogen and oxygen atoms in total. The summed E-state index contributed by atoms with van der Waals surface area (Å²) in [5, 5.41) is 0. The van der Waals surface area contributed by atoms with Gasteiger partial charge in [0.1, 0.15) is 0 Å². The Morgan fingerprint density at radius 3 is 2.56 bits per heavy atom. The third-order valence-corrected chi connectivity index (χ3v) is 2.97. The lowest BCUT2D eigenvalue weighted by Gasteiger charge is -2.32. The minimum Gasteiger partial charge on any atom is -0.370 e. The first-order chi connectivity index (χ1) is 7.66. The molecule has 0 saturated carbocycles. The van der Waals surface area contributed by atoms with Crippen molar-refractivity contribution in [2.75, 3.05) is 18.0 Å². The number of anilines is 1. The molecule has 1 unspecified atom stereocenters. The van der Waals surface area contributed by atoms with Gasteiger partial charge in [-0.05, 0) is 37.1 Å². The Morgan fingerprint density at radius 2 is 2.00 bits per heavy atom. The Hall–Kier alpha value is -1.55. The second-order valence-electron chi connectivity index (χ2n) is 4.26. The molecule has 1 aromatic carbocycles.